The molecule has 104 valence electrons. The zero-order chi connectivity index (χ0) is 13.6. The van der Waals surface area contributed by atoms with E-state index in [0.29, 0.717) is 34.8 Å². The molecule has 0 aliphatic heterocycles. The lowest BCUT2D eigenvalue weighted by Crippen LogP contribution is -2.25. The van der Waals surface area contributed by atoms with Crippen LogP contribution >= 0.6 is 27.3 Å². The molecule has 1 aromatic heterocycles. The molecular weight excluding hydrogens is 340 g/mol. The fraction of sp³-hybridized carbons (Fsp3) is 0.600. The molecule has 0 saturated heterocycles. The third kappa shape index (κ3) is 4.60. The molecule has 5 nitrogen and oxygen atoms in total. The van der Waals surface area contributed by atoms with E-state index in [2.05, 4.69) is 26.0 Å². The molecule has 0 spiro atoms. The number of halogens is 1. The third-order valence-corrected chi connectivity index (χ3v) is 5.88. The van der Waals surface area contributed by atoms with Crippen LogP contribution in [0.25, 0.3) is 0 Å². The lowest BCUT2D eigenvalue weighted by atomic mass is 10.5. The number of nitrogens with one attached hydrogen (secondary N) is 2. The molecule has 0 atom stereocenters. The number of thiophene rings is 1. The predicted molar refractivity (Wildman–Crippen MR) is 76.5 cm³/mol. The molecule has 0 aliphatic rings. The molecule has 1 aromatic rings. The number of hydrogen-bond acceptors (Lipinski definition) is 5. The maximum atomic E-state index is 12.0. The number of hydrogen-bond donors (Lipinski definition) is 2. The minimum Gasteiger partial charge on any atom is -0.385 e. The Kier molecular flexibility index (Phi) is 6.75. The van der Waals surface area contributed by atoms with Crippen LogP contribution in [-0.4, -0.2) is 35.7 Å². The molecule has 8 heteroatoms. The first kappa shape index (κ1) is 16.1. The first-order valence-corrected chi connectivity index (χ1v) is 8.52. The van der Waals surface area contributed by atoms with Gasteiger partial charge in [0.15, 0.2) is 0 Å². The van der Waals surface area contributed by atoms with Gasteiger partial charge in [0.1, 0.15) is 4.90 Å². The summed E-state index contributed by atoms with van der Waals surface area (Å²) in [7, 11) is -0.0232. The van der Waals surface area contributed by atoms with E-state index >= 15 is 0 Å². The molecule has 0 amide bonds. The molecule has 2 N–H and O–H groups in total. The van der Waals surface area contributed by atoms with E-state index in [1.54, 1.807) is 13.2 Å². The van der Waals surface area contributed by atoms with Crippen molar-refractivity contribution in [1.29, 1.82) is 0 Å². The standard InChI is InChI=1S/C10H17BrN2O3S2/c1-12-7-8-6-9(10(11)17-8)18(14,15)13-4-3-5-16-2/h6,12-13H,3-5,7H2,1-2H3. The van der Waals surface area contributed by atoms with Crippen LogP contribution in [0.3, 0.4) is 0 Å². The second kappa shape index (κ2) is 7.56. The molecule has 0 unspecified atom stereocenters. The summed E-state index contributed by atoms with van der Waals surface area (Å²) in [5.74, 6) is 0. The highest BCUT2D eigenvalue weighted by atomic mass is 79.9. The Morgan fingerprint density at radius 1 is 1.50 bits per heavy atom. The minimum atomic E-state index is -3.44. The van der Waals surface area contributed by atoms with Gasteiger partial charge in [0.2, 0.25) is 10.0 Å². The van der Waals surface area contributed by atoms with Crippen LogP contribution in [0, 0.1) is 0 Å². The van der Waals surface area contributed by atoms with Crippen molar-refractivity contribution in [2.24, 2.45) is 0 Å². The number of rotatable bonds is 8. The summed E-state index contributed by atoms with van der Waals surface area (Å²) in [6.07, 6.45) is 0.654. The van der Waals surface area contributed by atoms with Crippen molar-refractivity contribution < 1.29 is 13.2 Å². The van der Waals surface area contributed by atoms with Crippen LogP contribution < -0.4 is 10.0 Å². The van der Waals surface area contributed by atoms with Crippen LogP contribution in [0.2, 0.25) is 0 Å². The van der Waals surface area contributed by atoms with E-state index in [9.17, 15) is 8.42 Å². The van der Waals surface area contributed by atoms with E-state index < -0.39 is 10.0 Å². The quantitative estimate of drug-likeness (QED) is 0.693. The van der Waals surface area contributed by atoms with Crippen molar-refractivity contribution in [3.63, 3.8) is 0 Å². The molecule has 0 aromatic carbocycles. The van der Waals surface area contributed by atoms with Crippen LogP contribution in [0.15, 0.2) is 14.7 Å². The van der Waals surface area contributed by atoms with E-state index in [1.807, 2.05) is 7.05 Å². The van der Waals surface area contributed by atoms with E-state index in [0.717, 1.165) is 4.88 Å². The summed E-state index contributed by atoms with van der Waals surface area (Å²) < 4.78 is 32.1. The Labute approximate surface area is 120 Å². The van der Waals surface area contributed by atoms with Crippen molar-refractivity contribution in [3.05, 3.63) is 14.7 Å². The molecular formula is C10H17BrN2O3S2. The highest BCUT2D eigenvalue weighted by Crippen LogP contribution is 2.31. The molecule has 0 saturated carbocycles. The zero-order valence-electron chi connectivity index (χ0n) is 10.3. The van der Waals surface area contributed by atoms with Gasteiger partial charge in [-0.15, -0.1) is 11.3 Å². The molecule has 0 radical (unpaired) electrons. The fourth-order valence-corrected chi connectivity index (χ4v) is 5.11. The van der Waals surface area contributed by atoms with Gasteiger partial charge in [0, 0.05) is 31.7 Å². The van der Waals surface area contributed by atoms with Crippen molar-refractivity contribution >= 4 is 37.3 Å². The maximum Gasteiger partial charge on any atom is 0.242 e. The topological polar surface area (TPSA) is 67.4 Å². The first-order chi connectivity index (χ1) is 8.51. The van der Waals surface area contributed by atoms with Crippen molar-refractivity contribution in [3.8, 4) is 0 Å². The SMILES string of the molecule is CNCc1cc(S(=O)(=O)NCCCOC)c(Br)s1. The molecule has 1 rings (SSSR count). The maximum absolute atomic E-state index is 12.0. The summed E-state index contributed by atoms with van der Waals surface area (Å²) in [4.78, 5) is 1.27. The van der Waals surface area contributed by atoms with Crippen LogP contribution in [0.4, 0.5) is 0 Å². The van der Waals surface area contributed by atoms with Gasteiger partial charge in [0.05, 0.1) is 3.79 Å². The van der Waals surface area contributed by atoms with Crippen LogP contribution in [0.5, 0.6) is 0 Å². The lowest BCUT2D eigenvalue weighted by Gasteiger charge is -2.05. The summed E-state index contributed by atoms with van der Waals surface area (Å²) in [6, 6.07) is 1.68. The van der Waals surface area contributed by atoms with Gasteiger partial charge in [-0.1, -0.05) is 0 Å². The van der Waals surface area contributed by atoms with Gasteiger partial charge in [-0.3, -0.25) is 0 Å². The average molecular weight is 357 g/mol. The zero-order valence-corrected chi connectivity index (χ0v) is 13.5. The monoisotopic (exact) mass is 356 g/mol. The highest BCUT2D eigenvalue weighted by Gasteiger charge is 2.20. The summed E-state index contributed by atoms with van der Waals surface area (Å²) in [5, 5.41) is 2.99. The summed E-state index contributed by atoms with van der Waals surface area (Å²) in [6.45, 7) is 1.57. The molecule has 0 aliphatic carbocycles. The van der Waals surface area contributed by atoms with Gasteiger partial charge in [0.25, 0.3) is 0 Å². The van der Waals surface area contributed by atoms with Crippen molar-refractivity contribution in [2.75, 3.05) is 27.3 Å². The summed E-state index contributed by atoms with van der Waals surface area (Å²) in [5.41, 5.74) is 0. The van der Waals surface area contributed by atoms with E-state index in [-0.39, 0.29) is 0 Å². The Morgan fingerprint density at radius 2 is 2.22 bits per heavy atom. The Hall–Kier alpha value is 0.01000. The average Bonchev–Trinajstić information content (AvgIpc) is 2.67. The fourth-order valence-electron chi connectivity index (χ4n) is 1.34. The lowest BCUT2D eigenvalue weighted by molar-refractivity contribution is 0.196. The molecule has 0 fully saturated rings. The predicted octanol–water partition coefficient (Wildman–Crippen LogP) is 1.54. The van der Waals surface area contributed by atoms with Crippen LogP contribution in [-0.2, 0) is 21.3 Å². The minimum absolute atomic E-state index is 0.301. The summed E-state index contributed by atoms with van der Waals surface area (Å²) >= 11 is 4.71. The van der Waals surface area contributed by atoms with Gasteiger partial charge >= 0.3 is 0 Å². The second-order valence-corrected chi connectivity index (χ2v) is 7.82. The number of ether oxygens (including phenoxy) is 1. The number of sulfonamides is 1. The van der Waals surface area contributed by atoms with Gasteiger partial charge in [-0.05, 0) is 35.5 Å². The number of methoxy groups -OCH3 is 1. The Morgan fingerprint density at radius 3 is 2.83 bits per heavy atom. The van der Waals surface area contributed by atoms with Gasteiger partial charge in [-0.2, -0.15) is 0 Å². The normalized spacial score (nSPS) is 11.9. The Bertz CT molecular complexity index is 473. The van der Waals surface area contributed by atoms with Gasteiger partial charge < -0.3 is 10.1 Å². The third-order valence-electron chi connectivity index (χ3n) is 2.16. The molecule has 0 bridgehead atoms. The van der Waals surface area contributed by atoms with Gasteiger partial charge in [-0.25, -0.2) is 13.1 Å². The smallest absolute Gasteiger partial charge is 0.242 e. The van der Waals surface area contributed by atoms with E-state index in [4.69, 9.17) is 4.74 Å². The Balaban J connectivity index is 2.72. The first-order valence-electron chi connectivity index (χ1n) is 5.42. The highest BCUT2D eigenvalue weighted by molar-refractivity contribution is 9.11. The van der Waals surface area contributed by atoms with Crippen molar-refractivity contribution in [2.45, 2.75) is 17.9 Å². The molecule has 1 heterocycles. The molecule has 18 heavy (non-hydrogen) atoms. The van der Waals surface area contributed by atoms with E-state index in [1.165, 1.54) is 11.3 Å². The second-order valence-electron chi connectivity index (χ2n) is 3.63. The van der Waals surface area contributed by atoms with Crippen LogP contribution in [0.1, 0.15) is 11.3 Å². The largest absolute Gasteiger partial charge is 0.385 e. The van der Waals surface area contributed by atoms with Crippen molar-refractivity contribution in [1.82, 2.24) is 10.0 Å².